The van der Waals surface area contributed by atoms with Gasteiger partial charge in [-0.2, -0.15) is 0 Å². The van der Waals surface area contributed by atoms with E-state index >= 15 is 0 Å². The molecule has 0 spiro atoms. The molecule has 3 rings (SSSR count). The molecule has 0 saturated carbocycles. The van der Waals surface area contributed by atoms with Crippen molar-refractivity contribution in [1.82, 2.24) is 10.2 Å². The van der Waals surface area contributed by atoms with E-state index in [4.69, 9.17) is 9.47 Å². The van der Waals surface area contributed by atoms with Crippen LogP contribution in [-0.4, -0.2) is 43.4 Å². The molecule has 1 atom stereocenters. The van der Waals surface area contributed by atoms with Gasteiger partial charge in [0.1, 0.15) is 11.5 Å². The quantitative estimate of drug-likeness (QED) is 0.744. The van der Waals surface area contributed by atoms with E-state index in [1.807, 2.05) is 6.92 Å². The van der Waals surface area contributed by atoms with Crippen molar-refractivity contribution in [2.45, 2.75) is 19.4 Å². The number of nitrogens with one attached hydrogen (secondary N) is 1. The summed E-state index contributed by atoms with van der Waals surface area (Å²) in [6.07, 6.45) is 0.0160. The molecule has 0 fully saturated rings. The van der Waals surface area contributed by atoms with Crippen LogP contribution in [0.4, 0.5) is 0 Å². The summed E-state index contributed by atoms with van der Waals surface area (Å²) in [7, 11) is 3.12. The summed E-state index contributed by atoms with van der Waals surface area (Å²) in [6.45, 7) is 1.86. The molecule has 28 heavy (non-hydrogen) atoms. The van der Waals surface area contributed by atoms with Crippen LogP contribution in [0, 0.1) is 0 Å². The number of benzene rings is 2. The van der Waals surface area contributed by atoms with Crippen LogP contribution in [0.3, 0.4) is 0 Å². The van der Waals surface area contributed by atoms with Crippen LogP contribution >= 0.6 is 0 Å². The van der Waals surface area contributed by atoms with E-state index in [1.54, 1.807) is 56.7 Å². The van der Waals surface area contributed by atoms with Gasteiger partial charge in [0.15, 0.2) is 0 Å². The fourth-order valence-electron chi connectivity index (χ4n) is 3.22. The number of fused-ring (bicyclic) bond motifs is 1. The van der Waals surface area contributed by atoms with Gasteiger partial charge in [0.05, 0.1) is 31.4 Å². The molecule has 1 aliphatic rings. The second-order valence-electron chi connectivity index (χ2n) is 6.45. The first-order chi connectivity index (χ1) is 13.5. The summed E-state index contributed by atoms with van der Waals surface area (Å²) < 4.78 is 10.6. The van der Waals surface area contributed by atoms with Crippen LogP contribution in [-0.2, 0) is 4.79 Å². The van der Waals surface area contributed by atoms with Crippen molar-refractivity contribution in [1.29, 1.82) is 0 Å². The van der Waals surface area contributed by atoms with E-state index in [2.05, 4.69) is 5.32 Å². The smallest absolute Gasteiger partial charge is 0.261 e. The van der Waals surface area contributed by atoms with Gasteiger partial charge < -0.3 is 14.8 Å². The molecule has 2 aromatic carbocycles. The van der Waals surface area contributed by atoms with Gasteiger partial charge in [-0.3, -0.25) is 19.3 Å². The van der Waals surface area contributed by atoms with E-state index in [0.717, 1.165) is 10.5 Å². The second-order valence-corrected chi connectivity index (χ2v) is 6.45. The molecule has 1 N–H and O–H groups in total. The lowest BCUT2D eigenvalue weighted by molar-refractivity contribution is -0.121. The number of hydrogen-bond acceptors (Lipinski definition) is 5. The lowest BCUT2D eigenvalue weighted by Crippen LogP contribution is -2.35. The van der Waals surface area contributed by atoms with Crippen molar-refractivity contribution in [3.8, 4) is 11.5 Å². The monoisotopic (exact) mass is 382 g/mol. The molecule has 1 aliphatic heterocycles. The lowest BCUT2D eigenvalue weighted by atomic mass is 10.1. The van der Waals surface area contributed by atoms with Gasteiger partial charge in [0.25, 0.3) is 11.8 Å². The van der Waals surface area contributed by atoms with Gasteiger partial charge in [-0.05, 0) is 37.3 Å². The van der Waals surface area contributed by atoms with E-state index in [9.17, 15) is 14.4 Å². The Morgan fingerprint density at radius 3 is 2.25 bits per heavy atom. The first-order valence-corrected chi connectivity index (χ1v) is 8.92. The molecule has 0 bridgehead atoms. The molecule has 3 amide bonds. The molecule has 2 aromatic rings. The van der Waals surface area contributed by atoms with Crippen LogP contribution in [0.1, 0.15) is 45.7 Å². The highest BCUT2D eigenvalue weighted by atomic mass is 16.5. The number of amides is 3. The van der Waals surface area contributed by atoms with E-state index in [-0.39, 0.29) is 36.7 Å². The van der Waals surface area contributed by atoms with Crippen LogP contribution in [0.5, 0.6) is 11.5 Å². The maximum atomic E-state index is 12.4. The number of imide groups is 1. The highest BCUT2D eigenvalue weighted by Gasteiger charge is 2.35. The number of hydrogen-bond donors (Lipinski definition) is 1. The van der Waals surface area contributed by atoms with Gasteiger partial charge in [-0.25, -0.2) is 0 Å². The number of methoxy groups -OCH3 is 2. The Labute approximate surface area is 163 Å². The third-order valence-corrected chi connectivity index (χ3v) is 4.72. The second kappa shape index (κ2) is 8.12. The summed E-state index contributed by atoms with van der Waals surface area (Å²) in [5.41, 5.74) is 1.53. The zero-order valence-electron chi connectivity index (χ0n) is 16.0. The largest absolute Gasteiger partial charge is 0.497 e. The first-order valence-electron chi connectivity index (χ1n) is 8.92. The average molecular weight is 382 g/mol. The van der Waals surface area contributed by atoms with Crippen molar-refractivity contribution in [2.24, 2.45) is 0 Å². The number of carbonyl (C=O) groups excluding carboxylic acids is 3. The minimum absolute atomic E-state index is 0.0160. The number of carbonyl (C=O) groups is 3. The number of ether oxygens (including phenoxy) is 2. The van der Waals surface area contributed by atoms with Crippen LogP contribution in [0.25, 0.3) is 0 Å². The van der Waals surface area contributed by atoms with Crippen molar-refractivity contribution in [3.05, 3.63) is 59.2 Å². The average Bonchev–Trinajstić information content (AvgIpc) is 2.96. The molecule has 0 radical (unpaired) electrons. The summed E-state index contributed by atoms with van der Waals surface area (Å²) >= 11 is 0. The maximum absolute atomic E-state index is 12.4. The standard InChI is InChI=1S/C21H22N2O5/c1-13(17-12-14(27-2)8-9-18(17)28-3)22-19(24)10-11-23-20(25)15-6-4-5-7-16(15)21(23)26/h4-9,12-13H,10-11H2,1-3H3,(H,22,24)/t13-/m1/s1. The molecule has 146 valence electrons. The fraction of sp³-hybridized carbons (Fsp3) is 0.286. The Hall–Kier alpha value is -3.35. The van der Waals surface area contributed by atoms with E-state index in [0.29, 0.717) is 22.6 Å². The Balaban J connectivity index is 1.62. The summed E-state index contributed by atoms with van der Waals surface area (Å²) in [4.78, 5) is 38.2. The van der Waals surface area contributed by atoms with E-state index < -0.39 is 0 Å². The molecule has 1 heterocycles. The van der Waals surface area contributed by atoms with Crippen LogP contribution < -0.4 is 14.8 Å². The minimum atomic E-state index is -0.365. The molecule has 0 saturated heterocycles. The van der Waals surface area contributed by atoms with Gasteiger partial charge in [-0.15, -0.1) is 0 Å². The highest BCUT2D eigenvalue weighted by molar-refractivity contribution is 6.21. The Bertz CT molecular complexity index is 890. The first kappa shape index (κ1) is 19.4. The predicted octanol–water partition coefficient (Wildman–Crippen LogP) is 2.57. The third-order valence-electron chi connectivity index (χ3n) is 4.72. The molecule has 7 nitrogen and oxygen atoms in total. The van der Waals surface area contributed by atoms with E-state index in [1.165, 1.54) is 0 Å². The zero-order chi connectivity index (χ0) is 20.3. The van der Waals surface area contributed by atoms with Crippen molar-refractivity contribution < 1.29 is 23.9 Å². The number of nitrogens with zero attached hydrogens (tertiary/aromatic N) is 1. The number of rotatable bonds is 7. The van der Waals surface area contributed by atoms with Crippen molar-refractivity contribution in [3.63, 3.8) is 0 Å². The molecular weight excluding hydrogens is 360 g/mol. The predicted molar refractivity (Wildman–Crippen MR) is 103 cm³/mol. The Morgan fingerprint density at radius 2 is 1.68 bits per heavy atom. The molecule has 0 unspecified atom stereocenters. The fourth-order valence-corrected chi connectivity index (χ4v) is 3.22. The van der Waals surface area contributed by atoms with Crippen molar-refractivity contribution in [2.75, 3.05) is 20.8 Å². The Morgan fingerprint density at radius 1 is 1.04 bits per heavy atom. The minimum Gasteiger partial charge on any atom is -0.497 e. The topological polar surface area (TPSA) is 84.9 Å². The lowest BCUT2D eigenvalue weighted by Gasteiger charge is -2.19. The highest BCUT2D eigenvalue weighted by Crippen LogP contribution is 2.29. The normalized spacial score (nSPS) is 13.9. The third kappa shape index (κ3) is 3.69. The van der Waals surface area contributed by atoms with Gasteiger partial charge in [0.2, 0.25) is 5.91 Å². The van der Waals surface area contributed by atoms with Crippen molar-refractivity contribution >= 4 is 17.7 Å². The van der Waals surface area contributed by atoms with Gasteiger partial charge in [-0.1, -0.05) is 12.1 Å². The summed E-state index contributed by atoms with van der Waals surface area (Å²) in [5.74, 6) is 0.289. The van der Waals surface area contributed by atoms with Crippen LogP contribution in [0.2, 0.25) is 0 Å². The van der Waals surface area contributed by atoms with Crippen LogP contribution in [0.15, 0.2) is 42.5 Å². The summed E-state index contributed by atoms with van der Waals surface area (Å²) in [6, 6.07) is 11.7. The molecule has 7 heteroatoms. The molecule has 0 aromatic heterocycles. The van der Waals surface area contributed by atoms with Gasteiger partial charge in [0, 0.05) is 18.5 Å². The molecular formula is C21H22N2O5. The Kier molecular flexibility index (Phi) is 5.63. The SMILES string of the molecule is COc1ccc(OC)c([C@@H](C)NC(=O)CCN2C(=O)c3ccccc3C2=O)c1. The maximum Gasteiger partial charge on any atom is 0.261 e. The zero-order valence-corrected chi connectivity index (χ0v) is 16.0. The molecule has 0 aliphatic carbocycles. The van der Waals surface area contributed by atoms with Gasteiger partial charge >= 0.3 is 0 Å². The summed E-state index contributed by atoms with van der Waals surface area (Å²) in [5, 5.41) is 2.87.